The Morgan fingerprint density at radius 2 is 1.78 bits per heavy atom. The molecule has 0 saturated heterocycles. The van der Waals surface area contributed by atoms with Crippen molar-refractivity contribution < 1.29 is 28.3 Å². The Bertz CT molecular complexity index is 440. The third-order valence-electron chi connectivity index (χ3n) is 2.43. The van der Waals surface area contributed by atoms with Crippen molar-refractivity contribution in [1.82, 2.24) is 0 Å². The molecule has 0 aromatic heterocycles. The van der Waals surface area contributed by atoms with Gasteiger partial charge in [0.05, 0.1) is 0 Å². The standard InChI is InChI=1S/C15H15O2.Li/c1-16-12-17-15-9-7-14(8-10-15)11-13-5-3-2-4-6-13;/h2-9H,11-12H2,1H3;/q-1;+1. The maximum absolute atomic E-state index is 5.28. The maximum atomic E-state index is 5.28. The summed E-state index contributed by atoms with van der Waals surface area (Å²) in [6, 6.07) is 19.4. The van der Waals surface area contributed by atoms with Crippen LogP contribution >= 0.6 is 0 Å². The summed E-state index contributed by atoms with van der Waals surface area (Å²) in [5, 5.41) is 0. The molecule has 2 aromatic carbocycles. The van der Waals surface area contributed by atoms with Crippen LogP contribution in [-0.2, 0) is 11.2 Å². The molecule has 0 aliphatic carbocycles. The molecule has 0 N–H and O–H groups in total. The number of ether oxygens (including phenoxy) is 2. The first-order valence-corrected chi connectivity index (χ1v) is 5.55. The fourth-order valence-corrected chi connectivity index (χ4v) is 1.60. The van der Waals surface area contributed by atoms with Crippen LogP contribution in [0.4, 0.5) is 0 Å². The molecule has 2 aromatic rings. The molecule has 3 heteroatoms. The molecule has 18 heavy (non-hydrogen) atoms. The summed E-state index contributed by atoms with van der Waals surface area (Å²) in [6.45, 7) is 0.258. The zero-order chi connectivity index (χ0) is 11.9. The number of rotatable bonds is 5. The molecule has 0 aliphatic rings. The van der Waals surface area contributed by atoms with E-state index in [1.165, 1.54) is 11.1 Å². The minimum absolute atomic E-state index is 0. The van der Waals surface area contributed by atoms with E-state index in [9.17, 15) is 0 Å². The van der Waals surface area contributed by atoms with Gasteiger partial charge in [-0.25, -0.2) is 0 Å². The van der Waals surface area contributed by atoms with Gasteiger partial charge in [0, 0.05) is 12.9 Å². The van der Waals surface area contributed by atoms with Crippen molar-refractivity contribution >= 4 is 0 Å². The summed E-state index contributed by atoms with van der Waals surface area (Å²) in [7, 11) is 1.60. The van der Waals surface area contributed by atoms with Crippen LogP contribution in [0.1, 0.15) is 11.1 Å². The van der Waals surface area contributed by atoms with Gasteiger partial charge in [-0.2, -0.15) is 17.7 Å². The molecule has 0 bridgehead atoms. The van der Waals surface area contributed by atoms with Gasteiger partial charge >= 0.3 is 18.9 Å². The summed E-state index contributed by atoms with van der Waals surface area (Å²) < 4.78 is 10.1. The predicted molar refractivity (Wildman–Crippen MR) is 67.0 cm³/mol. The third kappa shape index (κ3) is 4.58. The molecular formula is C15H15LiO2. The molecule has 2 rings (SSSR count). The van der Waals surface area contributed by atoms with Gasteiger partial charge in [-0.1, -0.05) is 35.9 Å². The van der Waals surface area contributed by atoms with Crippen molar-refractivity contribution in [3.63, 3.8) is 0 Å². The predicted octanol–water partition coefficient (Wildman–Crippen LogP) is 0.0643. The number of benzene rings is 2. The Morgan fingerprint density at radius 1 is 1.00 bits per heavy atom. The van der Waals surface area contributed by atoms with Crippen molar-refractivity contribution in [2.45, 2.75) is 6.42 Å². The van der Waals surface area contributed by atoms with Crippen molar-refractivity contribution in [3.8, 4) is 5.75 Å². The van der Waals surface area contributed by atoms with Gasteiger partial charge in [0.15, 0.2) is 6.79 Å². The number of hydrogen-bond donors (Lipinski definition) is 0. The molecule has 0 aliphatic heterocycles. The molecule has 0 radical (unpaired) electrons. The second-order valence-electron chi connectivity index (χ2n) is 3.77. The maximum Gasteiger partial charge on any atom is 1.00 e. The summed E-state index contributed by atoms with van der Waals surface area (Å²) in [6.07, 6.45) is 0.919. The summed E-state index contributed by atoms with van der Waals surface area (Å²) in [5.74, 6) is 0.712. The Kier molecular flexibility index (Phi) is 6.60. The molecular weight excluding hydrogens is 219 g/mol. The zero-order valence-corrected chi connectivity index (χ0v) is 10.8. The van der Waals surface area contributed by atoms with Crippen LogP contribution in [0.15, 0.2) is 48.5 Å². The fourth-order valence-electron chi connectivity index (χ4n) is 1.60. The molecule has 2 nitrogen and oxygen atoms in total. The molecule has 0 unspecified atom stereocenters. The van der Waals surface area contributed by atoms with Crippen molar-refractivity contribution in [2.24, 2.45) is 0 Å². The molecule has 0 heterocycles. The van der Waals surface area contributed by atoms with E-state index in [1.807, 2.05) is 18.2 Å². The topological polar surface area (TPSA) is 18.5 Å². The van der Waals surface area contributed by atoms with Gasteiger partial charge in [-0.15, -0.1) is 12.1 Å². The van der Waals surface area contributed by atoms with Gasteiger partial charge in [0.2, 0.25) is 0 Å². The molecule has 88 valence electrons. The zero-order valence-electron chi connectivity index (χ0n) is 10.8. The van der Waals surface area contributed by atoms with E-state index in [0.717, 1.165) is 6.42 Å². The molecule has 0 saturated carbocycles. The molecule has 0 spiro atoms. The average Bonchev–Trinajstić information content (AvgIpc) is 2.39. The second-order valence-corrected chi connectivity index (χ2v) is 3.77. The normalized spacial score (nSPS) is 9.61. The first-order valence-electron chi connectivity index (χ1n) is 5.55. The van der Waals surface area contributed by atoms with Crippen LogP contribution in [0, 0.1) is 6.07 Å². The van der Waals surface area contributed by atoms with Gasteiger partial charge in [-0.3, -0.25) is 0 Å². The first-order chi connectivity index (χ1) is 8.38. The summed E-state index contributed by atoms with van der Waals surface area (Å²) >= 11 is 0. The van der Waals surface area contributed by atoms with Crippen LogP contribution in [-0.4, -0.2) is 13.9 Å². The number of methoxy groups -OCH3 is 1. The van der Waals surface area contributed by atoms with Crippen molar-refractivity contribution in [3.05, 3.63) is 65.7 Å². The average molecular weight is 234 g/mol. The van der Waals surface area contributed by atoms with E-state index < -0.39 is 0 Å². The summed E-state index contributed by atoms with van der Waals surface area (Å²) in [5.41, 5.74) is 2.52. The van der Waals surface area contributed by atoms with Crippen LogP contribution in [0.5, 0.6) is 5.75 Å². The van der Waals surface area contributed by atoms with E-state index in [-0.39, 0.29) is 25.7 Å². The summed E-state index contributed by atoms with van der Waals surface area (Å²) in [4.78, 5) is 0. The minimum atomic E-state index is 0. The second kappa shape index (κ2) is 8.00. The van der Waals surface area contributed by atoms with Gasteiger partial charge in [-0.05, 0) is 6.42 Å². The third-order valence-corrected chi connectivity index (χ3v) is 2.43. The van der Waals surface area contributed by atoms with Crippen LogP contribution in [0.25, 0.3) is 0 Å². The van der Waals surface area contributed by atoms with E-state index in [4.69, 9.17) is 9.47 Å². The van der Waals surface area contributed by atoms with Gasteiger partial charge in [0.1, 0.15) is 0 Å². The Hall–Kier alpha value is -1.20. The monoisotopic (exact) mass is 234 g/mol. The Morgan fingerprint density at radius 3 is 2.39 bits per heavy atom. The Balaban J connectivity index is 0.00000162. The van der Waals surface area contributed by atoms with Crippen molar-refractivity contribution in [2.75, 3.05) is 13.9 Å². The van der Waals surface area contributed by atoms with E-state index in [0.29, 0.717) is 5.75 Å². The molecule has 0 atom stereocenters. The fraction of sp³-hybridized carbons (Fsp3) is 0.200. The van der Waals surface area contributed by atoms with Crippen LogP contribution in [0.2, 0.25) is 0 Å². The van der Waals surface area contributed by atoms with E-state index in [1.54, 1.807) is 7.11 Å². The van der Waals surface area contributed by atoms with Gasteiger partial charge in [0.25, 0.3) is 0 Å². The van der Waals surface area contributed by atoms with E-state index >= 15 is 0 Å². The number of hydrogen-bond acceptors (Lipinski definition) is 2. The van der Waals surface area contributed by atoms with E-state index in [2.05, 4.69) is 36.4 Å². The molecule has 0 amide bonds. The SMILES string of the molecule is COCOc1[c-]cc(Cc2ccccc2)cc1.[Li+]. The minimum Gasteiger partial charge on any atom is -0.493 e. The largest absolute Gasteiger partial charge is 1.00 e. The first kappa shape index (κ1) is 14.9. The smallest absolute Gasteiger partial charge is 0.493 e. The quantitative estimate of drug-likeness (QED) is 0.414. The van der Waals surface area contributed by atoms with Crippen LogP contribution < -0.4 is 23.6 Å². The van der Waals surface area contributed by atoms with Gasteiger partial charge < -0.3 is 9.47 Å². The Labute approximate surface area is 120 Å². The van der Waals surface area contributed by atoms with Crippen molar-refractivity contribution in [1.29, 1.82) is 0 Å². The molecule has 0 fully saturated rings. The van der Waals surface area contributed by atoms with Crippen LogP contribution in [0.3, 0.4) is 0 Å².